The van der Waals surface area contributed by atoms with Crippen molar-refractivity contribution in [1.82, 2.24) is 15.2 Å². The zero-order chi connectivity index (χ0) is 21.4. The number of piperidine rings is 1. The van der Waals surface area contributed by atoms with Gasteiger partial charge in [-0.25, -0.2) is 14.6 Å². The molecule has 29 heavy (non-hydrogen) atoms. The van der Waals surface area contributed by atoms with Crippen LogP contribution in [0.5, 0.6) is 5.75 Å². The van der Waals surface area contributed by atoms with E-state index < -0.39 is 11.6 Å². The third kappa shape index (κ3) is 7.89. The van der Waals surface area contributed by atoms with Crippen LogP contribution < -0.4 is 5.32 Å². The Morgan fingerprint density at radius 3 is 2.55 bits per heavy atom. The number of aryl methyl sites for hydroxylation is 1. The average molecular weight is 408 g/mol. The lowest BCUT2D eigenvalue weighted by molar-refractivity contribution is 0.0478. The summed E-state index contributed by atoms with van der Waals surface area (Å²) in [6.45, 7) is 8.47. The summed E-state index contributed by atoms with van der Waals surface area (Å²) in [5, 5.41) is 12.7. The molecule has 0 spiro atoms. The van der Waals surface area contributed by atoms with Gasteiger partial charge in [0.25, 0.3) is 0 Å². The summed E-state index contributed by atoms with van der Waals surface area (Å²) in [6.07, 6.45) is 4.18. The molecule has 1 aliphatic heterocycles. The Morgan fingerprint density at radius 1 is 1.24 bits per heavy atom. The van der Waals surface area contributed by atoms with Crippen LogP contribution in [0.15, 0.2) is 12.1 Å². The summed E-state index contributed by atoms with van der Waals surface area (Å²) in [6, 6.07) is 3.38. The molecule has 1 amide bonds. The maximum absolute atomic E-state index is 11.9. The number of aromatic nitrogens is 1. The first-order chi connectivity index (χ1) is 13.7. The van der Waals surface area contributed by atoms with Gasteiger partial charge in [-0.05, 0) is 71.6 Å². The molecule has 8 nitrogen and oxygen atoms in total. The van der Waals surface area contributed by atoms with Gasteiger partial charge >= 0.3 is 12.1 Å². The third-order valence-electron chi connectivity index (χ3n) is 4.78. The van der Waals surface area contributed by atoms with Gasteiger partial charge in [-0.3, -0.25) is 0 Å². The molecule has 2 heterocycles. The first kappa shape index (κ1) is 22.9. The van der Waals surface area contributed by atoms with Crippen molar-refractivity contribution in [3.05, 3.63) is 23.5 Å². The van der Waals surface area contributed by atoms with Crippen LogP contribution in [0.2, 0.25) is 0 Å². The number of likely N-dealkylation sites (tertiary alicyclic amines) is 1. The van der Waals surface area contributed by atoms with E-state index >= 15 is 0 Å². The van der Waals surface area contributed by atoms with Crippen molar-refractivity contribution in [1.29, 1.82) is 0 Å². The quantitative estimate of drug-likeness (QED) is 0.529. The van der Waals surface area contributed by atoms with E-state index in [1.807, 2.05) is 20.8 Å². The summed E-state index contributed by atoms with van der Waals surface area (Å²) in [4.78, 5) is 30.1. The van der Waals surface area contributed by atoms with E-state index in [1.54, 1.807) is 6.07 Å². The molecule has 0 saturated carbocycles. The first-order valence-electron chi connectivity index (χ1n) is 10.2. The molecule has 0 atom stereocenters. The maximum atomic E-state index is 11.9. The Balaban J connectivity index is 1.66. The van der Waals surface area contributed by atoms with Crippen LogP contribution in [-0.4, -0.2) is 65.4 Å². The van der Waals surface area contributed by atoms with Gasteiger partial charge in [0.15, 0.2) is 5.69 Å². The zero-order valence-corrected chi connectivity index (χ0v) is 17.9. The number of ether oxygens (including phenoxy) is 2. The van der Waals surface area contributed by atoms with Gasteiger partial charge in [0.2, 0.25) is 0 Å². The highest BCUT2D eigenvalue weighted by Gasteiger charge is 2.23. The lowest BCUT2D eigenvalue weighted by Gasteiger charge is -2.32. The van der Waals surface area contributed by atoms with Gasteiger partial charge in [0, 0.05) is 24.8 Å². The van der Waals surface area contributed by atoms with E-state index in [0.717, 1.165) is 57.4 Å². The molecule has 0 aromatic carbocycles. The van der Waals surface area contributed by atoms with Crippen molar-refractivity contribution < 1.29 is 24.2 Å². The number of nitrogens with one attached hydrogen (secondary N) is 1. The molecule has 1 fully saturated rings. The second-order valence-corrected chi connectivity index (χ2v) is 8.38. The van der Waals surface area contributed by atoms with Gasteiger partial charge in [-0.1, -0.05) is 0 Å². The largest absolute Gasteiger partial charge is 0.505 e. The van der Waals surface area contributed by atoms with Crippen molar-refractivity contribution >= 4 is 12.1 Å². The number of carbonyl (C=O) groups is 2. The Hall–Kier alpha value is -2.35. The van der Waals surface area contributed by atoms with Crippen molar-refractivity contribution in [2.45, 2.75) is 64.5 Å². The molecule has 1 aromatic heterocycles. The zero-order valence-electron chi connectivity index (χ0n) is 17.9. The van der Waals surface area contributed by atoms with Crippen LogP contribution >= 0.6 is 0 Å². The van der Waals surface area contributed by atoms with Crippen molar-refractivity contribution in [2.75, 3.05) is 26.7 Å². The Bertz CT molecular complexity index is 694. The molecule has 2 N–H and O–H groups in total. The summed E-state index contributed by atoms with van der Waals surface area (Å²) in [5.41, 5.74) is 0.252. The molecule has 0 unspecified atom stereocenters. The third-order valence-corrected chi connectivity index (χ3v) is 4.78. The molecule has 0 aliphatic carbocycles. The molecule has 2 rings (SSSR count). The number of esters is 1. The van der Waals surface area contributed by atoms with Crippen LogP contribution in [-0.2, 0) is 15.9 Å². The lowest BCUT2D eigenvalue weighted by atomic mass is 10.0. The van der Waals surface area contributed by atoms with Crippen LogP contribution in [0.3, 0.4) is 0 Å². The van der Waals surface area contributed by atoms with E-state index in [4.69, 9.17) is 4.74 Å². The highest BCUT2D eigenvalue weighted by atomic mass is 16.6. The number of nitrogens with zero attached hydrogens (tertiary/aromatic N) is 2. The molecular formula is C21H33N3O5. The topological polar surface area (TPSA) is 101 Å². The number of methoxy groups -OCH3 is 1. The van der Waals surface area contributed by atoms with E-state index in [1.165, 1.54) is 13.2 Å². The Labute approximate surface area is 172 Å². The number of amides is 1. The van der Waals surface area contributed by atoms with Gasteiger partial charge in [0.1, 0.15) is 11.4 Å². The standard InChI is InChI=1S/C21H33N3O5/c1-21(2,3)29-20(27)23-16-10-13-24(14-11-16)12-6-5-7-15-8-9-17(25)18(22-15)19(26)28-4/h8-9,16,25H,5-7,10-14H2,1-4H3,(H,23,27). The smallest absolute Gasteiger partial charge is 0.407 e. The first-order valence-corrected chi connectivity index (χ1v) is 10.2. The number of hydrogen-bond donors (Lipinski definition) is 2. The number of hydrogen-bond acceptors (Lipinski definition) is 7. The van der Waals surface area contributed by atoms with E-state index in [0.29, 0.717) is 0 Å². The molecule has 1 aromatic rings. The summed E-state index contributed by atoms with van der Waals surface area (Å²) in [7, 11) is 1.27. The summed E-state index contributed by atoms with van der Waals surface area (Å²) < 4.78 is 9.94. The SMILES string of the molecule is COC(=O)c1nc(CCCCN2CCC(NC(=O)OC(C)(C)C)CC2)ccc1O. The number of rotatable bonds is 7. The highest BCUT2D eigenvalue weighted by molar-refractivity contribution is 5.90. The van der Waals surface area contributed by atoms with Gasteiger partial charge in [0.05, 0.1) is 7.11 Å². The number of aromatic hydroxyl groups is 1. The van der Waals surface area contributed by atoms with E-state index in [9.17, 15) is 14.7 Å². The van der Waals surface area contributed by atoms with Gasteiger partial charge in [-0.15, -0.1) is 0 Å². The molecule has 8 heteroatoms. The molecule has 0 radical (unpaired) electrons. The summed E-state index contributed by atoms with van der Waals surface area (Å²) in [5.74, 6) is -0.796. The fourth-order valence-corrected chi connectivity index (χ4v) is 3.29. The lowest BCUT2D eigenvalue weighted by Crippen LogP contribution is -2.46. The van der Waals surface area contributed by atoms with Crippen LogP contribution in [0.1, 0.15) is 62.6 Å². The number of carbonyl (C=O) groups excluding carboxylic acids is 2. The van der Waals surface area contributed by atoms with Crippen LogP contribution in [0.4, 0.5) is 4.79 Å². The van der Waals surface area contributed by atoms with Crippen LogP contribution in [0.25, 0.3) is 0 Å². The van der Waals surface area contributed by atoms with Gasteiger partial charge in [-0.2, -0.15) is 0 Å². The molecule has 1 aliphatic rings. The van der Waals surface area contributed by atoms with E-state index in [-0.39, 0.29) is 23.6 Å². The molecule has 162 valence electrons. The highest BCUT2D eigenvalue weighted by Crippen LogP contribution is 2.17. The fourth-order valence-electron chi connectivity index (χ4n) is 3.29. The fraction of sp³-hybridized carbons (Fsp3) is 0.667. The van der Waals surface area contributed by atoms with Crippen molar-refractivity contribution in [3.63, 3.8) is 0 Å². The van der Waals surface area contributed by atoms with Crippen molar-refractivity contribution in [3.8, 4) is 5.75 Å². The minimum Gasteiger partial charge on any atom is -0.505 e. The predicted molar refractivity (Wildman–Crippen MR) is 109 cm³/mol. The molecular weight excluding hydrogens is 374 g/mol. The normalized spacial score (nSPS) is 15.7. The summed E-state index contributed by atoms with van der Waals surface area (Å²) >= 11 is 0. The number of alkyl carbamates (subject to hydrolysis) is 1. The molecule has 1 saturated heterocycles. The second-order valence-electron chi connectivity index (χ2n) is 8.38. The van der Waals surface area contributed by atoms with E-state index in [2.05, 4.69) is 19.9 Å². The Morgan fingerprint density at radius 2 is 1.93 bits per heavy atom. The average Bonchev–Trinajstić information content (AvgIpc) is 2.65. The number of unbranched alkanes of at least 4 members (excludes halogenated alkanes) is 1. The monoisotopic (exact) mass is 407 g/mol. The number of pyridine rings is 1. The minimum absolute atomic E-state index is 0.0374. The van der Waals surface area contributed by atoms with Crippen LogP contribution in [0, 0.1) is 0 Å². The minimum atomic E-state index is -0.632. The molecule has 0 bridgehead atoms. The van der Waals surface area contributed by atoms with Crippen molar-refractivity contribution in [2.24, 2.45) is 0 Å². The maximum Gasteiger partial charge on any atom is 0.407 e. The van der Waals surface area contributed by atoms with Gasteiger partial charge < -0.3 is 24.8 Å². The second kappa shape index (κ2) is 10.4. The Kier molecular flexibility index (Phi) is 8.25. The predicted octanol–water partition coefficient (Wildman–Crippen LogP) is 2.89.